The lowest BCUT2D eigenvalue weighted by atomic mass is 9.95. The third-order valence-corrected chi connectivity index (χ3v) is 5.13. The highest BCUT2D eigenvalue weighted by atomic mass is 32.2. The molecule has 2 aromatic carbocycles. The molecule has 28 heavy (non-hydrogen) atoms. The Morgan fingerprint density at radius 3 is 2.11 bits per heavy atom. The van der Waals surface area contributed by atoms with Crippen LogP contribution in [0.2, 0.25) is 0 Å². The predicted molar refractivity (Wildman–Crippen MR) is 93.1 cm³/mol. The molecule has 0 saturated heterocycles. The van der Waals surface area contributed by atoms with Crippen molar-refractivity contribution in [3.05, 3.63) is 72.1 Å². The zero-order chi connectivity index (χ0) is 20.7. The van der Waals surface area contributed by atoms with Gasteiger partial charge in [-0.05, 0) is 47.0 Å². The second-order valence-electron chi connectivity index (χ2n) is 6.04. The molecule has 0 N–H and O–H groups in total. The van der Waals surface area contributed by atoms with Crippen molar-refractivity contribution < 1.29 is 30.4 Å². The van der Waals surface area contributed by atoms with E-state index in [2.05, 4.69) is 4.98 Å². The smallest absolute Gasteiger partial charge is 0.264 e. The van der Waals surface area contributed by atoms with Crippen LogP contribution in [0.4, 0.5) is 22.0 Å². The summed E-state index contributed by atoms with van der Waals surface area (Å²) in [6, 6.07) is 7.50. The highest BCUT2D eigenvalue weighted by molar-refractivity contribution is 7.90. The van der Waals surface area contributed by atoms with E-state index in [0.717, 1.165) is 24.3 Å². The molecule has 0 aliphatic heterocycles. The van der Waals surface area contributed by atoms with Crippen molar-refractivity contribution in [3.8, 4) is 22.3 Å². The first-order valence-electron chi connectivity index (χ1n) is 7.79. The van der Waals surface area contributed by atoms with Crippen molar-refractivity contribution >= 4 is 9.84 Å². The first-order valence-corrected chi connectivity index (χ1v) is 9.69. The molecule has 0 bridgehead atoms. The van der Waals surface area contributed by atoms with E-state index in [1.54, 1.807) is 0 Å². The number of aromatic nitrogens is 1. The highest BCUT2D eigenvalue weighted by Crippen LogP contribution is 2.36. The third kappa shape index (κ3) is 3.89. The Bertz CT molecular complexity index is 1130. The zero-order valence-electron chi connectivity index (χ0n) is 14.3. The zero-order valence-corrected chi connectivity index (χ0v) is 15.1. The van der Waals surface area contributed by atoms with Crippen molar-refractivity contribution in [2.45, 2.75) is 11.1 Å². The molecular weight excluding hydrogens is 401 g/mol. The number of hydrogen-bond donors (Lipinski definition) is 0. The molecule has 146 valence electrons. The number of hydrogen-bond acceptors (Lipinski definition) is 3. The molecule has 3 aromatic rings. The molecule has 0 amide bonds. The monoisotopic (exact) mass is 413 g/mol. The Morgan fingerprint density at radius 1 is 0.893 bits per heavy atom. The van der Waals surface area contributed by atoms with E-state index < -0.39 is 38.1 Å². The minimum absolute atomic E-state index is 0.0529. The van der Waals surface area contributed by atoms with Crippen LogP contribution in [-0.2, 0) is 16.0 Å². The Labute approximate surface area is 157 Å². The van der Waals surface area contributed by atoms with Crippen LogP contribution in [0.5, 0.6) is 0 Å². The van der Waals surface area contributed by atoms with E-state index in [-0.39, 0.29) is 22.3 Å². The lowest BCUT2D eigenvalue weighted by Gasteiger charge is -2.13. The van der Waals surface area contributed by atoms with Crippen LogP contribution in [0, 0.1) is 11.6 Å². The SMILES string of the molecule is CS(=O)(=O)c1c(F)cc(-c2cnccc2-c2cccc(C(F)(F)F)c2)cc1F. The van der Waals surface area contributed by atoms with Gasteiger partial charge in [-0.1, -0.05) is 12.1 Å². The number of benzene rings is 2. The molecule has 0 spiro atoms. The molecule has 0 fully saturated rings. The normalized spacial score (nSPS) is 12.2. The summed E-state index contributed by atoms with van der Waals surface area (Å²) in [5.74, 6) is -2.59. The largest absolute Gasteiger partial charge is 0.416 e. The van der Waals surface area contributed by atoms with Crippen LogP contribution < -0.4 is 0 Å². The minimum Gasteiger partial charge on any atom is -0.264 e. The second kappa shape index (κ2) is 6.97. The van der Waals surface area contributed by atoms with Gasteiger partial charge >= 0.3 is 6.18 Å². The molecule has 1 heterocycles. The van der Waals surface area contributed by atoms with Crippen LogP contribution in [0.25, 0.3) is 22.3 Å². The number of alkyl halides is 3. The fourth-order valence-corrected chi connectivity index (χ4v) is 3.64. The maximum atomic E-state index is 14.3. The van der Waals surface area contributed by atoms with Gasteiger partial charge in [-0.15, -0.1) is 0 Å². The van der Waals surface area contributed by atoms with Gasteiger partial charge in [0.2, 0.25) is 0 Å². The topological polar surface area (TPSA) is 47.0 Å². The summed E-state index contributed by atoms with van der Waals surface area (Å²) < 4.78 is 90.6. The van der Waals surface area contributed by atoms with Crippen molar-refractivity contribution in [1.82, 2.24) is 4.98 Å². The van der Waals surface area contributed by atoms with Gasteiger partial charge in [0.15, 0.2) is 9.84 Å². The highest BCUT2D eigenvalue weighted by Gasteiger charge is 2.30. The Kier molecular flexibility index (Phi) is 4.97. The molecule has 1 aromatic heterocycles. The molecular formula is C19H12F5NO2S. The molecule has 0 unspecified atom stereocenters. The van der Waals surface area contributed by atoms with Crippen LogP contribution >= 0.6 is 0 Å². The average Bonchev–Trinajstić information content (AvgIpc) is 2.59. The standard InChI is InChI=1S/C19H12F5NO2S/c1-28(26,27)18-16(20)8-12(9-17(18)21)15-10-25-6-5-14(15)11-3-2-4-13(7-11)19(22,23)24/h2-10H,1H3. The lowest BCUT2D eigenvalue weighted by Crippen LogP contribution is -2.05. The van der Waals surface area contributed by atoms with Crippen molar-refractivity contribution in [1.29, 1.82) is 0 Å². The first-order chi connectivity index (χ1) is 13.0. The van der Waals surface area contributed by atoms with Crippen LogP contribution in [-0.4, -0.2) is 19.7 Å². The summed E-state index contributed by atoms with van der Waals surface area (Å²) in [4.78, 5) is 2.79. The van der Waals surface area contributed by atoms with Crippen molar-refractivity contribution in [2.75, 3.05) is 6.26 Å². The van der Waals surface area contributed by atoms with E-state index in [1.807, 2.05) is 0 Å². The number of halogens is 5. The summed E-state index contributed by atoms with van der Waals surface area (Å²) in [5, 5.41) is 0. The van der Waals surface area contributed by atoms with Crippen molar-refractivity contribution in [2.24, 2.45) is 0 Å². The van der Waals surface area contributed by atoms with Gasteiger partial charge in [-0.25, -0.2) is 17.2 Å². The van der Waals surface area contributed by atoms with Crippen LogP contribution in [0.1, 0.15) is 5.56 Å². The quantitative estimate of drug-likeness (QED) is 0.561. The number of sulfone groups is 1. The Balaban J connectivity index is 2.20. The van der Waals surface area contributed by atoms with Gasteiger partial charge in [0, 0.05) is 24.2 Å². The minimum atomic E-state index is -4.56. The van der Waals surface area contributed by atoms with Crippen molar-refractivity contribution in [3.63, 3.8) is 0 Å². The van der Waals surface area contributed by atoms with E-state index in [9.17, 15) is 30.4 Å². The third-order valence-electron chi connectivity index (χ3n) is 4.00. The average molecular weight is 413 g/mol. The summed E-state index contributed by atoms with van der Waals surface area (Å²) >= 11 is 0. The molecule has 9 heteroatoms. The number of pyridine rings is 1. The van der Waals surface area contributed by atoms with Gasteiger partial charge in [0.25, 0.3) is 0 Å². The fourth-order valence-electron chi connectivity index (χ4n) is 2.81. The molecule has 3 rings (SSSR count). The van der Waals surface area contributed by atoms with Gasteiger partial charge in [0.05, 0.1) is 5.56 Å². The van der Waals surface area contributed by atoms with E-state index in [0.29, 0.717) is 6.26 Å². The van der Waals surface area contributed by atoms with E-state index in [1.165, 1.54) is 30.6 Å². The summed E-state index contributed by atoms with van der Waals surface area (Å²) in [6.45, 7) is 0. The number of rotatable bonds is 3. The molecule has 0 atom stereocenters. The molecule has 0 saturated carbocycles. The van der Waals surface area contributed by atoms with Gasteiger partial charge < -0.3 is 0 Å². The molecule has 0 radical (unpaired) electrons. The van der Waals surface area contributed by atoms with E-state index >= 15 is 0 Å². The molecule has 3 nitrogen and oxygen atoms in total. The summed E-state index contributed by atoms with van der Waals surface area (Å²) in [6.07, 6.45) is -1.31. The van der Waals surface area contributed by atoms with Gasteiger partial charge in [0.1, 0.15) is 16.5 Å². The second-order valence-corrected chi connectivity index (χ2v) is 7.99. The number of nitrogens with zero attached hydrogens (tertiary/aromatic N) is 1. The predicted octanol–water partition coefficient (Wildman–Crippen LogP) is 5.12. The molecule has 0 aliphatic carbocycles. The first kappa shape index (κ1) is 19.9. The summed E-state index contributed by atoms with van der Waals surface area (Å²) in [5.41, 5.74) is -0.354. The fraction of sp³-hybridized carbons (Fsp3) is 0.105. The van der Waals surface area contributed by atoms with E-state index in [4.69, 9.17) is 0 Å². The lowest BCUT2D eigenvalue weighted by molar-refractivity contribution is -0.137. The maximum absolute atomic E-state index is 14.3. The summed E-state index contributed by atoms with van der Waals surface area (Å²) in [7, 11) is -4.14. The van der Waals surface area contributed by atoms with Gasteiger partial charge in [-0.2, -0.15) is 13.2 Å². The van der Waals surface area contributed by atoms with Crippen LogP contribution in [0.3, 0.4) is 0 Å². The van der Waals surface area contributed by atoms with Crippen LogP contribution in [0.15, 0.2) is 59.8 Å². The molecule has 0 aliphatic rings. The maximum Gasteiger partial charge on any atom is 0.416 e. The Morgan fingerprint density at radius 2 is 1.54 bits per heavy atom. The Hall–Kier alpha value is -2.81. The van der Waals surface area contributed by atoms with Gasteiger partial charge in [-0.3, -0.25) is 4.98 Å².